The second kappa shape index (κ2) is 9.78. The minimum absolute atomic E-state index is 0.0463. The topological polar surface area (TPSA) is 50.8 Å². The van der Waals surface area contributed by atoms with E-state index < -0.39 is 0 Å². The third kappa shape index (κ3) is 6.01. The smallest absolute Gasteiger partial charge is 0.317 e. The molecule has 0 bridgehead atoms. The highest BCUT2D eigenvalue weighted by Crippen LogP contribution is 2.17. The average Bonchev–Trinajstić information content (AvgIpc) is 2.68. The minimum Gasteiger partial charge on any atom is -0.376 e. The fourth-order valence-electron chi connectivity index (χ4n) is 3.48. The minimum atomic E-state index is 0.0463. The van der Waals surface area contributed by atoms with Gasteiger partial charge in [0.15, 0.2) is 0 Å². The van der Waals surface area contributed by atoms with Crippen LogP contribution in [0.4, 0.5) is 4.79 Å². The number of ether oxygens (including phenoxy) is 2. The maximum absolute atomic E-state index is 12.3. The second-order valence-electron chi connectivity index (χ2n) is 6.98. The van der Waals surface area contributed by atoms with E-state index in [-0.39, 0.29) is 18.2 Å². The molecule has 5 heteroatoms. The molecule has 2 aliphatic rings. The highest BCUT2D eigenvalue weighted by atomic mass is 16.5. The van der Waals surface area contributed by atoms with Crippen LogP contribution in [0.25, 0.3) is 0 Å². The van der Waals surface area contributed by atoms with Crippen LogP contribution < -0.4 is 5.32 Å². The van der Waals surface area contributed by atoms with Gasteiger partial charge in [0, 0.05) is 26.2 Å². The molecule has 0 saturated carbocycles. The Kier molecular flexibility index (Phi) is 7.12. The molecule has 2 saturated heterocycles. The van der Waals surface area contributed by atoms with Gasteiger partial charge in [-0.25, -0.2) is 4.79 Å². The number of amides is 2. The van der Waals surface area contributed by atoms with Crippen LogP contribution in [0.5, 0.6) is 0 Å². The molecule has 2 fully saturated rings. The Morgan fingerprint density at radius 2 is 1.96 bits per heavy atom. The molecule has 138 valence electrons. The Hall–Kier alpha value is -1.59. The van der Waals surface area contributed by atoms with Gasteiger partial charge in [0.1, 0.15) is 0 Å². The highest BCUT2D eigenvalue weighted by molar-refractivity contribution is 5.74. The third-order valence-corrected chi connectivity index (χ3v) is 5.05. The summed E-state index contributed by atoms with van der Waals surface area (Å²) in [6.07, 6.45) is 6.77. The van der Waals surface area contributed by atoms with Crippen LogP contribution in [-0.2, 0) is 15.9 Å². The van der Waals surface area contributed by atoms with Crippen LogP contribution in [-0.4, -0.2) is 56.0 Å². The standard InChI is InChI=1S/C20H30N2O3/c23-20(21-12-9-17-6-2-1-3-7-17)22-13-10-18(11-14-22)25-16-19-8-4-5-15-24-19/h1-3,6-7,18-19H,4-5,8-16H2,(H,21,23)/t19-/m1/s1. The number of hydrogen-bond acceptors (Lipinski definition) is 3. The molecule has 2 amide bonds. The zero-order valence-electron chi connectivity index (χ0n) is 15.0. The van der Waals surface area contributed by atoms with Crippen molar-refractivity contribution in [2.45, 2.75) is 50.7 Å². The zero-order chi connectivity index (χ0) is 17.3. The first kappa shape index (κ1) is 18.2. The molecule has 0 aliphatic carbocycles. The van der Waals surface area contributed by atoms with Crippen molar-refractivity contribution in [3.8, 4) is 0 Å². The van der Waals surface area contributed by atoms with Gasteiger partial charge in [-0.05, 0) is 44.1 Å². The number of nitrogens with zero attached hydrogens (tertiary/aromatic N) is 1. The number of urea groups is 1. The fraction of sp³-hybridized carbons (Fsp3) is 0.650. The number of benzene rings is 1. The number of piperidine rings is 1. The predicted molar refractivity (Wildman–Crippen MR) is 97.7 cm³/mol. The first-order valence-electron chi connectivity index (χ1n) is 9.61. The van der Waals surface area contributed by atoms with E-state index in [1.54, 1.807) is 0 Å². The molecule has 2 aliphatic heterocycles. The van der Waals surface area contributed by atoms with Crippen molar-refractivity contribution in [2.24, 2.45) is 0 Å². The SMILES string of the molecule is O=C(NCCc1ccccc1)N1CCC(OC[C@H]2CCCCO2)CC1. The predicted octanol–water partition coefficient (Wildman–Crippen LogP) is 2.99. The van der Waals surface area contributed by atoms with Crippen LogP contribution in [0.1, 0.15) is 37.7 Å². The lowest BCUT2D eigenvalue weighted by molar-refractivity contribution is -0.0728. The molecule has 1 aromatic carbocycles. The van der Waals surface area contributed by atoms with Crippen molar-refractivity contribution in [3.63, 3.8) is 0 Å². The van der Waals surface area contributed by atoms with Crippen LogP contribution in [0, 0.1) is 0 Å². The van der Waals surface area contributed by atoms with Crippen molar-refractivity contribution in [1.29, 1.82) is 0 Å². The van der Waals surface area contributed by atoms with Crippen LogP contribution >= 0.6 is 0 Å². The lowest BCUT2D eigenvalue weighted by Crippen LogP contribution is -2.46. The van der Waals surface area contributed by atoms with E-state index in [1.807, 2.05) is 23.1 Å². The molecular weight excluding hydrogens is 316 g/mol. The van der Waals surface area contributed by atoms with E-state index in [9.17, 15) is 4.79 Å². The molecule has 2 heterocycles. The Bertz CT molecular complexity index is 509. The summed E-state index contributed by atoms with van der Waals surface area (Å²) in [5.74, 6) is 0. The van der Waals surface area contributed by atoms with E-state index >= 15 is 0 Å². The largest absolute Gasteiger partial charge is 0.376 e. The summed E-state index contributed by atoms with van der Waals surface area (Å²) in [6, 6.07) is 10.3. The van der Waals surface area contributed by atoms with E-state index in [4.69, 9.17) is 9.47 Å². The molecule has 1 N–H and O–H groups in total. The van der Waals surface area contributed by atoms with Crippen molar-refractivity contribution < 1.29 is 14.3 Å². The average molecular weight is 346 g/mol. The van der Waals surface area contributed by atoms with Gasteiger partial charge in [-0.3, -0.25) is 0 Å². The lowest BCUT2D eigenvalue weighted by atomic mass is 10.1. The van der Waals surface area contributed by atoms with Gasteiger partial charge in [0.25, 0.3) is 0 Å². The number of nitrogens with one attached hydrogen (secondary N) is 1. The summed E-state index contributed by atoms with van der Waals surface area (Å²) in [5, 5.41) is 3.03. The van der Waals surface area contributed by atoms with E-state index in [1.165, 1.54) is 18.4 Å². The van der Waals surface area contributed by atoms with Crippen LogP contribution in [0.3, 0.4) is 0 Å². The monoisotopic (exact) mass is 346 g/mol. The highest BCUT2D eigenvalue weighted by Gasteiger charge is 2.24. The molecule has 0 unspecified atom stereocenters. The summed E-state index contributed by atoms with van der Waals surface area (Å²) >= 11 is 0. The van der Waals surface area contributed by atoms with Gasteiger partial charge in [-0.15, -0.1) is 0 Å². The lowest BCUT2D eigenvalue weighted by Gasteiger charge is -2.33. The Labute approximate surface area is 150 Å². The summed E-state index contributed by atoms with van der Waals surface area (Å²) in [7, 11) is 0. The van der Waals surface area contributed by atoms with E-state index in [0.29, 0.717) is 13.2 Å². The molecule has 25 heavy (non-hydrogen) atoms. The Balaban J connectivity index is 1.29. The quantitative estimate of drug-likeness (QED) is 0.861. The second-order valence-corrected chi connectivity index (χ2v) is 6.98. The molecular formula is C20H30N2O3. The van der Waals surface area contributed by atoms with Crippen molar-refractivity contribution in [3.05, 3.63) is 35.9 Å². The number of likely N-dealkylation sites (tertiary alicyclic amines) is 1. The van der Waals surface area contributed by atoms with Crippen molar-refractivity contribution in [1.82, 2.24) is 10.2 Å². The number of rotatable bonds is 6. The maximum Gasteiger partial charge on any atom is 0.317 e. The van der Waals surface area contributed by atoms with Crippen molar-refractivity contribution in [2.75, 3.05) is 32.8 Å². The van der Waals surface area contributed by atoms with Gasteiger partial charge in [0.05, 0.1) is 18.8 Å². The van der Waals surface area contributed by atoms with Gasteiger partial charge < -0.3 is 19.7 Å². The van der Waals surface area contributed by atoms with E-state index in [2.05, 4.69) is 17.4 Å². The molecule has 0 spiro atoms. The fourth-order valence-corrected chi connectivity index (χ4v) is 3.48. The summed E-state index contributed by atoms with van der Waals surface area (Å²) in [4.78, 5) is 14.2. The van der Waals surface area contributed by atoms with Gasteiger partial charge in [-0.1, -0.05) is 30.3 Å². The Morgan fingerprint density at radius 3 is 2.68 bits per heavy atom. The van der Waals surface area contributed by atoms with Crippen molar-refractivity contribution >= 4 is 6.03 Å². The van der Waals surface area contributed by atoms with Crippen LogP contribution in [0.2, 0.25) is 0 Å². The molecule has 3 rings (SSSR count). The summed E-state index contributed by atoms with van der Waals surface area (Å²) < 4.78 is 11.7. The molecule has 0 aromatic heterocycles. The third-order valence-electron chi connectivity index (χ3n) is 5.05. The number of hydrogen-bond donors (Lipinski definition) is 1. The number of carbonyl (C=O) groups is 1. The Morgan fingerprint density at radius 1 is 1.16 bits per heavy atom. The van der Waals surface area contributed by atoms with Gasteiger partial charge >= 0.3 is 6.03 Å². The molecule has 0 radical (unpaired) electrons. The maximum atomic E-state index is 12.3. The number of carbonyl (C=O) groups excluding carboxylic acids is 1. The first-order valence-corrected chi connectivity index (χ1v) is 9.61. The molecule has 1 atom stereocenters. The zero-order valence-corrected chi connectivity index (χ0v) is 15.0. The van der Waals surface area contributed by atoms with E-state index in [0.717, 1.165) is 45.4 Å². The van der Waals surface area contributed by atoms with Crippen LogP contribution in [0.15, 0.2) is 30.3 Å². The molecule has 5 nitrogen and oxygen atoms in total. The van der Waals surface area contributed by atoms with Gasteiger partial charge in [-0.2, -0.15) is 0 Å². The van der Waals surface area contributed by atoms with Gasteiger partial charge in [0.2, 0.25) is 0 Å². The molecule has 1 aromatic rings. The first-order chi connectivity index (χ1) is 12.3. The summed E-state index contributed by atoms with van der Waals surface area (Å²) in [5.41, 5.74) is 1.25. The normalized spacial score (nSPS) is 21.9. The summed E-state index contributed by atoms with van der Waals surface area (Å²) in [6.45, 7) is 3.79.